The average Bonchev–Trinajstić information content (AvgIpc) is 2.93. The monoisotopic (exact) mass is 369 g/mol. The molecule has 3 rings (SSSR count). The Bertz CT molecular complexity index is 907. The van der Waals surface area contributed by atoms with E-state index in [1.54, 1.807) is 28.9 Å². The number of halogens is 4. The second-order valence-electron chi connectivity index (χ2n) is 5.10. The van der Waals surface area contributed by atoms with E-state index in [4.69, 9.17) is 11.6 Å². The molecule has 1 aromatic carbocycles. The molecule has 0 spiro atoms. The Labute approximate surface area is 145 Å². The highest BCUT2D eigenvalue weighted by Crippen LogP contribution is 2.22. The fraction of sp³-hybridized carbons (Fsp3) is 0.125. The normalized spacial score (nSPS) is 11.5. The van der Waals surface area contributed by atoms with Crippen LogP contribution in [0.2, 0.25) is 5.02 Å². The zero-order chi connectivity index (χ0) is 18.0. The van der Waals surface area contributed by atoms with Crippen LogP contribution in [0, 0.1) is 0 Å². The number of hydrogen-bond donors (Lipinski definition) is 1. The Kier molecular flexibility index (Phi) is 4.54. The number of carbonyl (C=O) groups excluding carboxylic acids is 1. The summed E-state index contributed by atoms with van der Waals surface area (Å²) in [4.78, 5) is 16.4. The van der Waals surface area contributed by atoms with Gasteiger partial charge in [0.1, 0.15) is 11.4 Å². The number of aromatic nitrogens is 2. The van der Waals surface area contributed by atoms with Gasteiger partial charge in [-0.2, -0.15) is 0 Å². The molecule has 1 amide bonds. The van der Waals surface area contributed by atoms with E-state index in [0.29, 0.717) is 16.4 Å². The summed E-state index contributed by atoms with van der Waals surface area (Å²) >= 11 is 5.89. The van der Waals surface area contributed by atoms with Crippen LogP contribution < -0.4 is 10.1 Å². The molecule has 0 saturated heterocycles. The Hall–Kier alpha value is -2.74. The predicted octanol–water partition coefficient (Wildman–Crippen LogP) is 3.82. The van der Waals surface area contributed by atoms with Gasteiger partial charge in [-0.05, 0) is 36.4 Å². The molecule has 0 aliphatic rings. The number of nitrogens with one attached hydrogen (secondary N) is 1. The standard InChI is InChI=1S/C16H11ClF3N3O2/c17-11-3-6-14-22-12(9-23(14)8-11)7-21-15(24)10-1-4-13(5-2-10)25-16(18,19)20/h1-6,8-9H,7H2,(H,21,24). The van der Waals surface area contributed by atoms with Crippen molar-refractivity contribution in [3.8, 4) is 5.75 Å². The molecule has 0 aliphatic heterocycles. The second kappa shape index (κ2) is 6.64. The summed E-state index contributed by atoms with van der Waals surface area (Å²) in [7, 11) is 0. The molecular weight excluding hydrogens is 359 g/mol. The van der Waals surface area contributed by atoms with Crippen molar-refractivity contribution in [2.45, 2.75) is 12.9 Å². The lowest BCUT2D eigenvalue weighted by Crippen LogP contribution is -2.23. The van der Waals surface area contributed by atoms with E-state index in [2.05, 4.69) is 15.0 Å². The lowest BCUT2D eigenvalue weighted by Gasteiger charge is -2.09. The van der Waals surface area contributed by atoms with Crippen molar-refractivity contribution in [1.29, 1.82) is 0 Å². The lowest BCUT2D eigenvalue weighted by molar-refractivity contribution is -0.274. The molecular formula is C16H11ClF3N3O2. The Morgan fingerprint density at radius 3 is 2.56 bits per heavy atom. The van der Waals surface area contributed by atoms with Gasteiger partial charge in [0.15, 0.2) is 0 Å². The van der Waals surface area contributed by atoms with Crippen molar-refractivity contribution in [1.82, 2.24) is 14.7 Å². The number of rotatable bonds is 4. The van der Waals surface area contributed by atoms with E-state index in [0.717, 1.165) is 12.1 Å². The molecule has 25 heavy (non-hydrogen) atoms. The average molecular weight is 370 g/mol. The third-order valence-electron chi connectivity index (χ3n) is 3.24. The summed E-state index contributed by atoms with van der Waals surface area (Å²) in [6.45, 7) is 0.166. The molecule has 9 heteroatoms. The number of carbonyl (C=O) groups is 1. The first-order valence-electron chi connectivity index (χ1n) is 7.07. The van der Waals surface area contributed by atoms with Crippen LogP contribution in [0.15, 0.2) is 48.8 Å². The number of fused-ring (bicyclic) bond motifs is 1. The highest BCUT2D eigenvalue weighted by Gasteiger charge is 2.31. The highest BCUT2D eigenvalue weighted by molar-refractivity contribution is 6.30. The van der Waals surface area contributed by atoms with Crippen molar-refractivity contribution in [2.75, 3.05) is 0 Å². The summed E-state index contributed by atoms with van der Waals surface area (Å²) in [6, 6.07) is 8.11. The second-order valence-corrected chi connectivity index (χ2v) is 5.54. The number of amides is 1. The van der Waals surface area contributed by atoms with Gasteiger partial charge >= 0.3 is 6.36 Å². The minimum atomic E-state index is -4.77. The molecule has 0 unspecified atom stereocenters. The van der Waals surface area contributed by atoms with E-state index in [1.807, 2.05) is 0 Å². The van der Waals surface area contributed by atoms with Crippen LogP contribution in [-0.4, -0.2) is 21.7 Å². The molecule has 2 heterocycles. The first-order valence-corrected chi connectivity index (χ1v) is 7.45. The summed E-state index contributed by atoms with van der Waals surface area (Å²) in [5.74, 6) is -0.824. The van der Waals surface area contributed by atoms with Gasteiger partial charge in [-0.1, -0.05) is 11.6 Å². The number of nitrogens with zero attached hydrogens (tertiary/aromatic N) is 2. The number of alkyl halides is 3. The molecule has 130 valence electrons. The van der Waals surface area contributed by atoms with E-state index < -0.39 is 12.3 Å². The topological polar surface area (TPSA) is 55.6 Å². The molecule has 0 bridgehead atoms. The number of hydrogen-bond acceptors (Lipinski definition) is 3. The number of imidazole rings is 1. The minimum Gasteiger partial charge on any atom is -0.406 e. The molecule has 0 saturated carbocycles. The minimum absolute atomic E-state index is 0.166. The summed E-state index contributed by atoms with van der Waals surface area (Å²) in [5.41, 5.74) is 1.51. The van der Waals surface area contributed by atoms with Gasteiger partial charge in [-0.15, -0.1) is 13.2 Å². The van der Waals surface area contributed by atoms with Gasteiger partial charge in [0, 0.05) is 18.0 Å². The zero-order valence-corrected chi connectivity index (χ0v) is 13.3. The molecule has 2 aromatic heterocycles. The SMILES string of the molecule is O=C(NCc1cn2cc(Cl)ccc2n1)c1ccc(OC(F)(F)F)cc1. The van der Waals surface area contributed by atoms with Gasteiger partial charge in [-0.25, -0.2) is 4.98 Å². The van der Waals surface area contributed by atoms with Crippen LogP contribution in [0.25, 0.3) is 5.65 Å². The van der Waals surface area contributed by atoms with Crippen LogP contribution in [-0.2, 0) is 6.54 Å². The van der Waals surface area contributed by atoms with Crippen LogP contribution in [0.4, 0.5) is 13.2 Å². The maximum Gasteiger partial charge on any atom is 0.573 e. The van der Waals surface area contributed by atoms with Crippen molar-refractivity contribution in [3.63, 3.8) is 0 Å². The summed E-state index contributed by atoms with van der Waals surface area (Å²) in [5, 5.41) is 3.20. The first kappa shape index (κ1) is 17.1. The Morgan fingerprint density at radius 1 is 1.16 bits per heavy atom. The van der Waals surface area contributed by atoms with Crippen LogP contribution in [0.5, 0.6) is 5.75 Å². The molecule has 1 N–H and O–H groups in total. The van der Waals surface area contributed by atoms with E-state index in [1.165, 1.54) is 12.1 Å². The maximum atomic E-state index is 12.1. The largest absolute Gasteiger partial charge is 0.573 e. The van der Waals surface area contributed by atoms with Crippen molar-refractivity contribution in [3.05, 3.63) is 65.1 Å². The maximum absolute atomic E-state index is 12.1. The molecule has 0 fully saturated rings. The number of ether oxygens (including phenoxy) is 1. The molecule has 0 atom stereocenters. The van der Waals surface area contributed by atoms with E-state index in [-0.39, 0.29) is 17.9 Å². The molecule has 5 nitrogen and oxygen atoms in total. The lowest BCUT2D eigenvalue weighted by atomic mass is 10.2. The fourth-order valence-electron chi connectivity index (χ4n) is 2.18. The van der Waals surface area contributed by atoms with Crippen LogP contribution in [0.3, 0.4) is 0 Å². The zero-order valence-electron chi connectivity index (χ0n) is 12.5. The van der Waals surface area contributed by atoms with Gasteiger partial charge < -0.3 is 14.5 Å². The van der Waals surface area contributed by atoms with Crippen molar-refractivity contribution in [2.24, 2.45) is 0 Å². The van der Waals surface area contributed by atoms with Gasteiger partial charge in [0.05, 0.1) is 17.3 Å². The van der Waals surface area contributed by atoms with Crippen LogP contribution in [0.1, 0.15) is 16.1 Å². The third-order valence-corrected chi connectivity index (χ3v) is 3.47. The molecule has 0 radical (unpaired) electrons. The van der Waals surface area contributed by atoms with E-state index in [9.17, 15) is 18.0 Å². The molecule has 0 aliphatic carbocycles. The Morgan fingerprint density at radius 2 is 1.88 bits per heavy atom. The fourth-order valence-corrected chi connectivity index (χ4v) is 2.35. The van der Waals surface area contributed by atoms with E-state index >= 15 is 0 Å². The van der Waals surface area contributed by atoms with Gasteiger partial charge in [0.25, 0.3) is 5.91 Å². The van der Waals surface area contributed by atoms with Gasteiger partial charge in [0.2, 0.25) is 0 Å². The summed E-state index contributed by atoms with van der Waals surface area (Å²) in [6.07, 6.45) is -1.36. The quantitative estimate of drug-likeness (QED) is 0.760. The first-order chi connectivity index (χ1) is 11.8. The predicted molar refractivity (Wildman–Crippen MR) is 84.5 cm³/mol. The highest BCUT2D eigenvalue weighted by atomic mass is 35.5. The number of pyridine rings is 1. The summed E-state index contributed by atoms with van der Waals surface area (Å²) < 4.78 is 41.8. The van der Waals surface area contributed by atoms with Crippen molar-refractivity contribution >= 4 is 23.2 Å². The van der Waals surface area contributed by atoms with Crippen LogP contribution >= 0.6 is 11.6 Å². The van der Waals surface area contributed by atoms with Crippen molar-refractivity contribution < 1.29 is 22.7 Å². The molecule has 3 aromatic rings. The third kappa shape index (κ3) is 4.42. The number of benzene rings is 1. The smallest absolute Gasteiger partial charge is 0.406 e. The van der Waals surface area contributed by atoms with Gasteiger partial charge in [-0.3, -0.25) is 4.79 Å². The Balaban J connectivity index is 1.63.